The number of hydrogen-bond donors (Lipinski definition) is 1. The van der Waals surface area contributed by atoms with Crippen LogP contribution >= 0.6 is 11.6 Å². The number of halogens is 2. The molecule has 0 saturated carbocycles. The average molecular weight is 506 g/mol. The number of amides is 2. The summed E-state index contributed by atoms with van der Waals surface area (Å²) in [6, 6.07) is 20.7. The molecule has 0 aliphatic carbocycles. The van der Waals surface area contributed by atoms with Gasteiger partial charge in [0, 0.05) is 46.8 Å². The zero-order valence-electron chi connectivity index (χ0n) is 20.4. The highest BCUT2D eigenvalue weighted by molar-refractivity contribution is 6.31. The Morgan fingerprint density at radius 2 is 1.75 bits per heavy atom. The molecule has 4 rings (SSSR count). The number of hydrogen-bond acceptors (Lipinski definition) is 2. The van der Waals surface area contributed by atoms with Crippen LogP contribution < -0.4 is 0 Å². The van der Waals surface area contributed by atoms with Crippen LogP contribution in [0.4, 0.5) is 4.39 Å². The van der Waals surface area contributed by atoms with Crippen molar-refractivity contribution >= 4 is 34.3 Å². The predicted octanol–water partition coefficient (Wildman–Crippen LogP) is 6.08. The molecule has 1 aromatic heterocycles. The molecule has 0 atom stereocenters. The topological polar surface area (TPSA) is 56.4 Å². The van der Waals surface area contributed by atoms with Gasteiger partial charge in [-0.05, 0) is 67.8 Å². The van der Waals surface area contributed by atoms with Gasteiger partial charge < -0.3 is 14.8 Å². The largest absolute Gasteiger partial charge is 0.361 e. The maximum Gasteiger partial charge on any atom is 0.254 e. The molecule has 4 aromatic rings. The van der Waals surface area contributed by atoms with E-state index in [-0.39, 0.29) is 30.2 Å². The molecule has 0 aliphatic heterocycles. The SMILES string of the molecule is CC(C)N(CC(=O)N(CCc1c[nH]c2ccccc12)Cc1ccc(F)cc1)C(=O)c1cccc(Cl)c1. The first kappa shape index (κ1) is 25.5. The molecule has 7 heteroatoms. The number of carbonyl (C=O) groups is 2. The first-order valence-electron chi connectivity index (χ1n) is 12.0. The van der Waals surface area contributed by atoms with Crippen molar-refractivity contribution in [3.63, 3.8) is 0 Å². The third-order valence-electron chi connectivity index (χ3n) is 6.23. The minimum atomic E-state index is -0.325. The molecular weight excluding hydrogens is 477 g/mol. The third-order valence-corrected chi connectivity index (χ3v) is 6.46. The zero-order chi connectivity index (χ0) is 25.7. The molecule has 0 saturated heterocycles. The number of benzene rings is 3. The summed E-state index contributed by atoms with van der Waals surface area (Å²) in [7, 11) is 0. The Morgan fingerprint density at radius 3 is 2.47 bits per heavy atom. The summed E-state index contributed by atoms with van der Waals surface area (Å²) in [6.07, 6.45) is 2.61. The van der Waals surface area contributed by atoms with Crippen molar-refractivity contribution in [3.05, 3.63) is 107 Å². The van der Waals surface area contributed by atoms with Crippen LogP contribution in [0.3, 0.4) is 0 Å². The van der Waals surface area contributed by atoms with Crippen LogP contribution in [0.25, 0.3) is 10.9 Å². The van der Waals surface area contributed by atoms with Crippen LogP contribution in [0, 0.1) is 5.82 Å². The minimum absolute atomic E-state index is 0.0713. The molecular formula is C29H29ClFN3O2. The van der Waals surface area contributed by atoms with Crippen molar-refractivity contribution in [1.82, 2.24) is 14.8 Å². The van der Waals surface area contributed by atoms with E-state index >= 15 is 0 Å². The van der Waals surface area contributed by atoms with Crippen LogP contribution in [0.2, 0.25) is 5.02 Å². The normalized spacial score (nSPS) is 11.1. The second-order valence-electron chi connectivity index (χ2n) is 9.09. The van der Waals surface area contributed by atoms with Gasteiger partial charge >= 0.3 is 0 Å². The number of aromatic nitrogens is 1. The highest BCUT2D eigenvalue weighted by atomic mass is 35.5. The Labute approximate surface area is 215 Å². The molecule has 36 heavy (non-hydrogen) atoms. The average Bonchev–Trinajstić information content (AvgIpc) is 3.28. The standard InChI is InChI=1S/C29H29ClFN3O2/c1-20(2)34(29(36)22-6-5-7-24(30)16-22)19-28(35)33(18-21-10-12-25(31)13-11-21)15-14-23-17-32-27-9-4-3-8-26(23)27/h3-13,16-17,20,32H,14-15,18-19H2,1-2H3. The third kappa shape index (κ3) is 6.13. The highest BCUT2D eigenvalue weighted by Gasteiger charge is 2.25. The van der Waals surface area contributed by atoms with Gasteiger partial charge in [-0.25, -0.2) is 4.39 Å². The van der Waals surface area contributed by atoms with Crippen molar-refractivity contribution in [2.24, 2.45) is 0 Å². The number of nitrogens with one attached hydrogen (secondary N) is 1. The van der Waals surface area contributed by atoms with E-state index in [1.165, 1.54) is 12.1 Å². The molecule has 5 nitrogen and oxygen atoms in total. The number of aromatic amines is 1. The summed E-state index contributed by atoms with van der Waals surface area (Å²) >= 11 is 6.09. The summed E-state index contributed by atoms with van der Waals surface area (Å²) in [4.78, 5) is 33.4. The first-order valence-corrected chi connectivity index (χ1v) is 12.3. The maximum atomic E-state index is 13.6. The Bertz CT molecular complexity index is 1350. The molecule has 0 bridgehead atoms. The number of H-pyrrole nitrogens is 1. The molecule has 0 radical (unpaired) electrons. The Hall–Kier alpha value is -3.64. The van der Waals surface area contributed by atoms with Gasteiger partial charge in [-0.15, -0.1) is 0 Å². The number of fused-ring (bicyclic) bond motifs is 1. The van der Waals surface area contributed by atoms with E-state index in [0.717, 1.165) is 22.0 Å². The van der Waals surface area contributed by atoms with Gasteiger partial charge in [-0.1, -0.05) is 48.0 Å². The van der Waals surface area contributed by atoms with Crippen LogP contribution in [-0.4, -0.2) is 45.7 Å². The lowest BCUT2D eigenvalue weighted by Gasteiger charge is -2.30. The first-order chi connectivity index (χ1) is 17.3. The fourth-order valence-electron chi connectivity index (χ4n) is 4.22. The van der Waals surface area contributed by atoms with Gasteiger partial charge in [-0.3, -0.25) is 9.59 Å². The van der Waals surface area contributed by atoms with Gasteiger partial charge in [0.2, 0.25) is 5.91 Å². The Morgan fingerprint density at radius 1 is 1.00 bits per heavy atom. The summed E-state index contributed by atoms with van der Waals surface area (Å²) in [5, 5.41) is 1.58. The molecule has 1 N–H and O–H groups in total. The molecule has 3 aromatic carbocycles. The number of rotatable bonds is 9. The van der Waals surface area contributed by atoms with Gasteiger partial charge in [0.05, 0.1) is 0 Å². The number of nitrogens with zero attached hydrogens (tertiary/aromatic N) is 2. The lowest BCUT2D eigenvalue weighted by atomic mass is 10.1. The van der Waals surface area contributed by atoms with Crippen molar-refractivity contribution in [1.29, 1.82) is 0 Å². The van der Waals surface area contributed by atoms with E-state index in [0.29, 0.717) is 30.1 Å². The summed E-state index contributed by atoms with van der Waals surface area (Å²) < 4.78 is 13.5. The molecule has 0 aliphatic rings. The zero-order valence-corrected chi connectivity index (χ0v) is 21.1. The van der Waals surface area contributed by atoms with E-state index < -0.39 is 0 Å². The minimum Gasteiger partial charge on any atom is -0.361 e. The van der Waals surface area contributed by atoms with E-state index in [2.05, 4.69) is 11.1 Å². The second kappa shape index (κ2) is 11.4. The Balaban J connectivity index is 1.55. The summed E-state index contributed by atoms with van der Waals surface area (Å²) in [6.45, 7) is 4.46. The van der Waals surface area contributed by atoms with Crippen molar-refractivity contribution in [3.8, 4) is 0 Å². The second-order valence-corrected chi connectivity index (χ2v) is 9.52. The predicted molar refractivity (Wildman–Crippen MR) is 141 cm³/mol. The van der Waals surface area contributed by atoms with E-state index in [1.54, 1.807) is 46.2 Å². The number of carbonyl (C=O) groups excluding carboxylic acids is 2. The maximum absolute atomic E-state index is 13.6. The lowest BCUT2D eigenvalue weighted by Crippen LogP contribution is -2.46. The summed E-state index contributed by atoms with van der Waals surface area (Å²) in [5.74, 6) is -0.754. The molecule has 0 unspecified atom stereocenters. The highest BCUT2D eigenvalue weighted by Crippen LogP contribution is 2.20. The molecule has 1 heterocycles. The van der Waals surface area contributed by atoms with Gasteiger partial charge in [0.25, 0.3) is 5.91 Å². The number of para-hydroxylation sites is 1. The lowest BCUT2D eigenvalue weighted by molar-refractivity contribution is -0.132. The van der Waals surface area contributed by atoms with Gasteiger partial charge in [0.1, 0.15) is 12.4 Å². The molecule has 2 amide bonds. The smallest absolute Gasteiger partial charge is 0.254 e. The fraction of sp³-hybridized carbons (Fsp3) is 0.241. The van der Waals surface area contributed by atoms with Crippen LogP contribution in [-0.2, 0) is 17.8 Å². The van der Waals surface area contributed by atoms with E-state index in [9.17, 15) is 14.0 Å². The van der Waals surface area contributed by atoms with E-state index in [1.807, 2.05) is 38.2 Å². The van der Waals surface area contributed by atoms with Gasteiger partial charge in [-0.2, -0.15) is 0 Å². The molecule has 0 spiro atoms. The summed E-state index contributed by atoms with van der Waals surface area (Å²) in [5.41, 5.74) is 3.41. The quantitative estimate of drug-likeness (QED) is 0.299. The Kier molecular flexibility index (Phi) is 8.06. The monoisotopic (exact) mass is 505 g/mol. The van der Waals surface area contributed by atoms with E-state index in [4.69, 9.17) is 11.6 Å². The van der Waals surface area contributed by atoms with Crippen LogP contribution in [0.5, 0.6) is 0 Å². The van der Waals surface area contributed by atoms with Crippen molar-refractivity contribution in [2.45, 2.75) is 32.9 Å². The molecule has 0 fully saturated rings. The van der Waals surface area contributed by atoms with Crippen LogP contribution in [0.15, 0.2) is 79.0 Å². The van der Waals surface area contributed by atoms with Crippen molar-refractivity contribution in [2.75, 3.05) is 13.1 Å². The molecule has 186 valence electrons. The van der Waals surface area contributed by atoms with Gasteiger partial charge in [0.15, 0.2) is 0 Å². The van der Waals surface area contributed by atoms with Crippen LogP contribution in [0.1, 0.15) is 35.3 Å². The van der Waals surface area contributed by atoms with Crippen molar-refractivity contribution < 1.29 is 14.0 Å². The fourth-order valence-corrected chi connectivity index (χ4v) is 4.41.